The van der Waals surface area contributed by atoms with E-state index in [9.17, 15) is 4.39 Å². The van der Waals surface area contributed by atoms with Gasteiger partial charge in [0.05, 0.1) is 4.47 Å². The smallest absolute Gasteiger partial charge is 0.137 e. The molecule has 0 bridgehead atoms. The monoisotopic (exact) mass is 301 g/mol. The van der Waals surface area contributed by atoms with Gasteiger partial charge in [0.1, 0.15) is 5.82 Å². The molecule has 1 unspecified atom stereocenters. The summed E-state index contributed by atoms with van der Waals surface area (Å²) in [6.45, 7) is 5.38. The molecule has 1 N–H and O–H groups in total. The average Bonchev–Trinajstić information content (AvgIpc) is 2.32. The molecule has 0 heterocycles. The Hall–Kier alpha value is -0.410. The van der Waals surface area contributed by atoms with Gasteiger partial charge in [0.2, 0.25) is 0 Å². The second kappa shape index (κ2) is 7.83. The molecule has 1 aromatic rings. The van der Waals surface area contributed by atoms with Gasteiger partial charge in [0, 0.05) is 6.04 Å². The molecule has 0 aliphatic rings. The largest absolute Gasteiger partial charge is 0.314 e. The number of halogens is 2. The highest BCUT2D eigenvalue weighted by Gasteiger charge is 2.05. The molecule has 3 heteroatoms. The molecular formula is C14H21BrFN. The zero-order valence-corrected chi connectivity index (χ0v) is 12.2. The van der Waals surface area contributed by atoms with Crippen LogP contribution in [0.25, 0.3) is 0 Å². The zero-order valence-electron chi connectivity index (χ0n) is 10.6. The number of aryl methyl sites for hydroxylation is 1. The quantitative estimate of drug-likeness (QED) is 0.792. The van der Waals surface area contributed by atoms with Crippen molar-refractivity contribution in [1.29, 1.82) is 0 Å². The Morgan fingerprint density at radius 2 is 2.12 bits per heavy atom. The molecule has 1 rings (SSSR count). The summed E-state index contributed by atoms with van der Waals surface area (Å²) >= 11 is 3.22. The zero-order chi connectivity index (χ0) is 12.7. The highest BCUT2D eigenvalue weighted by Crippen LogP contribution is 2.18. The Bertz CT molecular complexity index is 341. The fourth-order valence-corrected chi connectivity index (χ4v) is 2.41. The molecule has 0 radical (unpaired) electrons. The molecule has 0 saturated heterocycles. The third-order valence-electron chi connectivity index (χ3n) is 2.99. The van der Waals surface area contributed by atoms with Gasteiger partial charge in [-0.3, -0.25) is 0 Å². The summed E-state index contributed by atoms with van der Waals surface area (Å²) in [4.78, 5) is 0. The molecule has 1 aromatic carbocycles. The van der Waals surface area contributed by atoms with Crippen molar-refractivity contribution in [3.05, 3.63) is 34.1 Å². The van der Waals surface area contributed by atoms with Crippen molar-refractivity contribution < 1.29 is 4.39 Å². The lowest BCUT2D eigenvalue weighted by atomic mass is 10.0. The van der Waals surface area contributed by atoms with Crippen molar-refractivity contribution in [3.8, 4) is 0 Å². The topological polar surface area (TPSA) is 12.0 Å². The molecule has 0 spiro atoms. The molecule has 0 aliphatic heterocycles. The van der Waals surface area contributed by atoms with Gasteiger partial charge in [-0.15, -0.1) is 0 Å². The van der Waals surface area contributed by atoms with Crippen LogP contribution in [0.4, 0.5) is 4.39 Å². The lowest BCUT2D eigenvalue weighted by Crippen LogP contribution is -2.27. The summed E-state index contributed by atoms with van der Waals surface area (Å²) in [6.07, 6.45) is 4.50. The van der Waals surface area contributed by atoms with Crippen LogP contribution in [0.1, 0.15) is 38.7 Å². The predicted molar refractivity (Wildman–Crippen MR) is 74.8 cm³/mol. The second-order valence-corrected chi connectivity index (χ2v) is 5.16. The first-order chi connectivity index (χ1) is 8.17. The minimum atomic E-state index is -0.187. The van der Waals surface area contributed by atoms with Crippen LogP contribution in [0.3, 0.4) is 0 Å². The van der Waals surface area contributed by atoms with Crippen molar-refractivity contribution in [2.45, 2.75) is 45.6 Å². The van der Waals surface area contributed by atoms with Crippen molar-refractivity contribution in [3.63, 3.8) is 0 Å². The normalized spacial score (nSPS) is 12.7. The number of rotatable bonds is 7. The van der Waals surface area contributed by atoms with E-state index in [1.54, 1.807) is 0 Å². The van der Waals surface area contributed by atoms with Crippen LogP contribution in [0, 0.1) is 5.82 Å². The fourth-order valence-electron chi connectivity index (χ4n) is 1.99. The van der Waals surface area contributed by atoms with Crippen LogP contribution in [0.5, 0.6) is 0 Å². The van der Waals surface area contributed by atoms with E-state index in [0.29, 0.717) is 10.5 Å². The minimum Gasteiger partial charge on any atom is -0.314 e. The van der Waals surface area contributed by atoms with Gasteiger partial charge in [-0.05, 0) is 65.9 Å². The molecule has 96 valence electrons. The van der Waals surface area contributed by atoms with Gasteiger partial charge in [-0.1, -0.05) is 19.9 Å². The maximum Gasteiger partial charge on any atom is 0.137 e. The van der Waals surface area contributed by atoms with Gasteiger partial charge in [0.25, 0.3) is 0 Å². The molecule has 0 saturated carbocycles. The number of hydrogen-bond donors (Lipinski definition) is 1. The average molecular weight is 302 g/mol. The molecule has 0 aliphatic carbocycles. The first-order valence-electron chi connectivity index (χ1n) is 6.34. The van der Waals surface area contributed by atoms with Gasteiger partial charge < -0.3 is 5.32 Å². The fraction of sp³-hybridized carbons (Fsp3) is 0.571. The number of benzene rings is 1. The molecular weight excluding hydrogens is 281 g/mol. The van der Waals surface area contributed by atoms with E-state index >= 15 is 0 Å². The van der Waals surface area contributed by atoms with Crippen LogP contribution in [-0.2, 0) is 6.42 Å². The third kappa shape index (κ3) is 5.17. The minimum absolute atomic E-state index is 0.187. The summed E-state index contributed by atoms with van der Waals surface area (Å²) in [6, 6.07) is 5.89. The van der Waals surface area contributed by atoms with E-state index < -0.39 is 0 Å². The van der Waals surface area contributed by atoms with Crippen molar-refractivity contribution in [2.75, 3.05) is 6.54 Å². The second-order valence-electron chi connectivity index (χ2n) is 4.30. The summed E-state index contributed by atoms with van der Waals surface area (Å²) in [5, 5.41) is 3.47. The summed E-state index contributed by atoms with van der Waals surface area (Å²) in [5.41, 5.74) is 1.20. The summed E-state index contributed by atoms with van der Waals surface area (Å²) in [5.74, 6) is -0.187. The van der Waals surface area contributed by atoms with Crippen LogP contribution < -0.4 is 5.32 Å². The Labute approximate surface area is 112 Å². The Morgan fingerprint density at radius 1 is 1.35 bits per heavy atom. The van der Waals surface area contributed by atoms with E-state index in [1.165, 1.54) is 24.5 Å². The van der Waals surface area contributed by atoms with E-state index in [-0.39, 0.29) is 5.82 Å². The van der Waals surface area contributed by atoms with Crippen LogP contribution >= 0.6 is 15.9 Å². The predicted octanol–water partition coefficient (Wildman–Crippen LogP) is 4.30. The van der Waals surface area contributed by atoms with Gasteiger partial charge in [-0.25, -0.2) is 4.39 Å². The van der Waals surface area contributed by atoms with E-state index in [0.717, 1.165) is 19.4 Å². The highest BCUT2D eigenvalue weighted by molar-refractivity contribution is 9.10. The van der Waals surface area contributed by atoms with E-state index in [1.807, 2.05) is 12.1 Å². The summed E-state index contributed by atoms with van der Waals surface area (Å²) < 4.78 is 13.6. The Kier molecular flexibility index (Phi) is 6.75. The molecule has 0 fully saturated rings. The van der Waals surface area contributed by atoms with Crippen LogP contribution in [0.15, 0.2) is 22.7 Å². The van der Waals surface area contributed by atoms with Crippen molar-refractivity contribution in [2.24, 2.45) is 0 Å². The van der Waals surface area contributed by atoms with E-state index in [2.05, 4.69) is 35.1 Å². The molecule has 17 heavy (non-hydrogen) atoms. The lowest BCUT2D eigenvalue weighted by Gasteiger charge is -2.15. The SMILES string of the molecule is CCNC(CC)CCCc1ccc(F)c(Br)c1. The van der Waals surface area contributed by atoms with Crippen LogP contribution in [0.2, 0.25) is 0 Å². The van der Waals surface area contributed by atoms with E-state index in [4.69, 9.17) is 0 Å². The highest BCUT2D eigenvalue weighted by atomic mass is 79.9. The van der Waals surface area contributed by atoms with Gasteiger partial charge >= 0.3 is 0 Å². The number of hydrogen-bond acceptors (Lipinski definition) is 1. The Morgan fingerprint density at radius 3 is 2.71 bits per heavy atom. The maximum absolute atomic E-state index is 13.0. The van der Waals surface area contributed by atoms with Crippen LogP contribution in [-0.4, -0.2) is 12.6 Å². The van der Waals surface area contributed by atoms with Gasteiger partial charge in [-0.2, -0.15) is 0 Å². The van der Waals surface area contributed by atoms with Gasteiger partial charge in [0.15, 0.2) is 0 Å². The molecule has 1 atom stereocenters. The Balaban J connectivity index is 2.37. The van der Waals surface area contributed by atoms with Crippen molar-refractivity contribution in [1.82, 2.24) is 5.32 Å². The first-order valence-corrected chi connectivity index (χ1v) is 7.14. The third-order valence-corrected chi connectivity index (χ3v) is 3.60. The summed E-state index contributed by atoms with van der Waals surface area (Å²) in [7, 11) is 0. The maximum atomic E-state index is 13.0. The molecule has 0 amide bonds. The first kappa shape index (κ1) is 14.7. The lowest BCUT2D eigenvalue weighted by molar-refractivity contribution is 0.467. The van der Waals surface area contributed by atoms with Crippen molar-refractivity contribution >= 4 is 15.9 Å². The number of nitrogens with one attached hydrogen (secondary N) is 1. The molecule has 1 nitrogen and oxygen atoms in total. The standard InChI is InChI=1S/C14H21BrFN/c1-3-12(17-4-2)7-5-6-11-8-9-14(16)13(15)10-11/h8-10,12,17H,3-7H2,1-2H3. The molecule has 0 aromatic heterocycles.